The summed E-state index contributed by atoms with van der Waals surface area (Å²) in [6.07, 6.45) is 0.851. The second-order valence-corrected chi connectivity index (χ2v) is 7.75. The first kappa shape index (κ1) is 21.9. The number of nitrogens with one attached hydrogen (secondary N) is 1. The van der Waals surface area contributed by atoms with E-state index in [1.807, 2.05) is 62.4 Å². The van der Waals surface area contributed by atoms with Gasteiger partial charge >= 0.3 is 5.97 Å². The van der Waals surface area contributed by atoms with Crippen molar-refractivity contribution in [1.29, 1.82) is 0 Å². The Balaban J connectivity index is 1.73. The minimum Gasteiger partial charge on any atom is -0.497 e. The summed E-state index contributed by atoms with van der Waals surface area (Å²) in [5.74, 6) is -0.0879. The third kappa shape index (κ3) is 5.04. The number of hydrogen-bond donors (Lipinski definition) is 2. The molecule has 30 heavy (non-hydrogen) atoms. The molecule has 0 aliphatic carbocycles. The lowest BCUT2D eigenvalue weighted by Gasteiger charge is -2.11. The Hall–Kier alpha value is -2.76. The second-order valence-electron chi connectivity index (χ2n) is 7.32. The lowest BCUT2D eigenvalue weighted by atomic mass is 10.1. The number of methoxy groups -OCH3 is 1. The van der Waals surface area contributed by atoms with Gasteiger partial charge in [-0.15, -0.1) is 0 Å². The molecule has 0 spiro atoms. The highest BCUT2D eigenvalue weighted by Gasteiger charge is 2.22. The van der Waals surface area contributed by atoms with E-state index in [1.54, 1.807) is 7.11 Å². The molecule has 0 bridgehead atoms. The molecule has 0 saturated heterocycles. The average Bonchev–Trinajstić information content (AvgIpc) is 2.97. The number of hydrogen-bond acceptors (Lipinski definition) is 3. The van der Waals surface area contributed by atoms with Crippen LogP contribution in [0.15, 0.2) is 48.5 Å². The van der Waals surface area contributed by atoms with E-state index in [-0.39, 0.29) is 0 Å². The molecule has 3 aromatic rings. The second kappa shape index (κ2) is 9.83. The van der Waals surface area contributed by atoms with Crippen LogP contribution in [0.2, 0.25) is 5.02 Å². The molecule has 0 amide bonds. The number of carboxylic acid groups (broad SMARTS) is 1. The van der Waals surface area contributed by atoms with Crippen LogP contribution in [0.3, 0.4) is 0 Å². The largest absolute Gasteiger partial charge is 0.497 e. The molecule has 2 N–H and O–H groups in total. The minimum absolute atomic E-state index is 0.389. The minimum atomic E-state index is -0.890. The van der Waals surface area contributed by atoms with E-state index in [0.29, 0.717) is 18.7 Å². The molecule has 3 rings (SSSR count). The van der Waals surface area contributed by atoms with Gasteiger partial charge in [-0.25, -0.2) is 4.79 Å². The standard InChI is InChI=1S/C24H27ClN2O3/c1-16-22(14-26-13-12-18-4-8-20(25)9-5-18)23(24(28)29)17(2)27(16)15-19-6-10-21(30-3)11-7-19/h4-11,26H,12-15H2,1-3H3,(H,28,29). The van der Waals surface area contributed by atoms with Crippen molar-refractivity contribution in [2.24, 2.45) is 0 Å². The molecular weight excluding hydrogens is 400 g/mol. The molecule has 0 aliphatic heterocycles. The number of ether oxygens (including phenoxy) is 1. The monoisotopic (exact) mass is 426 g/mol. The first-order valence-electron chi connectivity index (χ1n) is 9.90. The Morgan fingerprint density at radius 3 is 2.27 bits per heavy atom. The fraction of sp³-hybridized carbons (Fsp3) is 0.292. The van der Waals surface area contributed by atoms with E-state index in [4.69, 9.17) is 16.3 Å². The van der Waals surface area contributed by atoms with Crippen molar-refractivity contribution in [3.8, 4) is 5.75 Å². The summed E-state index contributed by atoms with van der Waals surface area (Å²) in [6.45, 7) is 5.74. The summed E-state index contributed by atoms with van der Waals surface area (Å²) in [5.41, 5.74) is 5.25. The molecule has 5 nitrogen and oxygen atoms in total. The van der Waals surface area contributed by atoms with Crippen molar-refractivity contribution in [2.75, 3.05) is 13.7 Å². The predicted molar refractivity (Wildman–Crippen MR) is 120 cm³/mol. The maximum atomic E-state index is 12.0. The average molecular weight is 427 g/mol. The fourth-order valence-electron chi connectivity index (χ4n) is 3.70. The zero-order valence-electron chi connectivity index (χ0n) is 17.5. The van der Waals surface area contributed by atoms with E-state index < -0.39 is 5.97 Å². The SMILES string of the molecule is COc1ccc(Cn2c(C)c(CNCCc3ccc(Cl)cc3)c(C(=O)O)c2C)cc1. The molecule has 0 radical (unpaired) electrons. The van der Waals surface area contributed by atoms with Gasteiger partial charge in [0, 0.05) is 35.1 Å². The molecular formula is C24H27ClN2O3. The van der Waals surface area contributed by atoms with Crippen molar-refractivity contribution < 1.29 is 14.6 Å². The molecule has 1 heterocycles. The Labute approximate surface area is 182 Å². The maximum absolute atomic E-state index is 12.0. The van der Waals surface area contributed by atoms with Gasteiger partial charge in [-0.2, -0.15) is 0 Å². The number of carbonyl (C=O) groups is 1. The van der Waals surface area contributed by atoms with Crippen LogP contribution in [0.25, 0.3) is 0 Å². The van der Waals surface area contributed by atoms with E-state index in [2.05, 4.69) is 9.88 Å². The molecule has 0 atom stereocenters. The number of halogens is 1. The molecule has 0 fully saturated rings. The van der Waals surface area contributed by atoms with E-state index in [9.17, 15) is 9.90 Å². The predicted octanol–water partition coefficient (Wildman–Crippen LogP) is 4.85. The smallest absolute Gasteiger partial charge is 0.337 e. The quantitative estimate of drug-likeness (QED) is 0.480. The van der Waals surface area contributed by atoms with Crippen molar-refractivity contribution in [3.63, 3.8) is 0 Å². The number of nitrogens with zero attached hydrogens (tertiary/aromatic N) is 1. The summed E-state index contributed by atoms with van der Waals surface area (Å²) in [6, 6.07) is 15.6. The maximum Gasteiger partial charge on any atom is 0.337 e. The highest BCUT2D eigenvalue weighted by atomic mass is 35.5. The fourth-order valence-corrected chi connectivity index (χ4v) is 3.82. The summed E-state index contributed by atoms with van der Waals surface area (Å²) in [4.78, 5) is 12.0. The van der Waals surface area contributed by atoms with Crippen molar-refractivity contribution >= 4 is 17.6 Å². The topological polar surface area (TPSA) is 63.5 Å². The molecule has 6 heteroatoms. The highest BCUT2D eigenvalue weighted by Crippen LogP contribution is 2.24. The Bertz CT molecular complexity index is 1010. The van der Waals surface area contributed by atoms with Crippen molar-refractivity contribution in [3.05, 3.63) is 87.2 Å². The summed E-state index contributed by atoms with van der Waals surface area (Å²) in [7, 11) is 1.64. The van der Waals surface area contributed by atoms with Crippen LogP contribution in [-0.4, -0.2) is 29.3 Å². The van der Waals surface area contributed by atoms with Gasteiger partial charge in [0.05, 0.1) is 12.7 Å². The van der Waals surface area contributed by atoms with Crippen LogP contribution in [0.1, 0.15) is 38.4 Å². The van der Waals surface area contributed by atoms with E-state index >= 15 is 0 Å². The Kier molecular flexibility index (Phi) is 7.19. The Morgan fingerprint density at radius 1 is 1.03 bits per heavy atom. The summed E-state index contributed by atoms with van der Waals surface area (Å²) < 4.78 is 7.29. The van der Waals surface area contributed by atoms with Gasteiger partial charge < -0.3 is 19.7 Å². The number of carboxylic acids is 1. The van der Waals surface area contributed by atoms with Gasteiger partial charge in [-0.3, -0.25) is 0 Å². The lowest BCUT2D eigenvalue weighted by Crippen LogP contribution is -2.18. The zero-order chi connectivity index (χ0) is 21.7. The first-order chi connectivity index (χ1) is 14.4. The van der Waals surface area contributed by atoms with Gasteiger partial charge in [-0.1, -0.05) is 35.9 Å². The van der Waals surface area contributed by atoms with Gasteiger partial charge in [0.25, 0.3) is 0 Å². The molecule has 2 aromatic carbocycles. The van der Waals surface area contributed by atoms with Crippen LogP contribution in [0.5, 0.6) is 5.75 Å². The van der Waals surface area contributed by atoms with Crippen LogP contribution in [0.4, 0.5) is 0 Å². The van der Waals surface area contributed by atoms with Gasteiger partial charge in [0.1, 0.15) is 5.75 Å². The van der Waals surface area contributed by atoms with Gasteiger partial charge in [0.15, 0.2) is 0 Å². The third-order valence-corrected chi connectivity index (χ3v) is 5.68. The number of aromatic nitrogens is 1. The molecule has 0 aliphatic rings. The molecule has 0 saturated carbocycles. The lowest BCUT2D eigenvalue weighted by molar-refractivity contribution is 0.0694. The van der Waals surface area contributed by atoms with Crippen molar-refractivity contribution in [1.82, 2.24) is 9.88 Å². The number of rotatable bonds is 9. The molecule has 1 aromatic heterocycles. The summed E-state index contributed by atoms with van der Waals surface area (Å²) >= 11 is 5.93. The first-order valence-corrected chi connectivity index (χ1v) is 10.3. The van der Waals surface area contributed by atoms with Gasteiger partial charge in [-0.05, 0) is 62.2 Å². The van der Waals surface area contributed by atoms with Gasteiger partial charge in [0.2, 0.25) is 0 Å². The molecule has 158 valence electrons. The summed E-state index contributed by atoms with van der Waals surface area (Å²) in [5, 5.41) is 13.9. The van der Waals surface area contributed by atoms with Crippen LogP contribution in [0, 0.1) is 13.8 Å². The van der Waals surface area contributed by atoms with Crippen LogP contribution in [-0.2, 0) is 19.5 Å². The third-order valence-electron chi connectivity index (χ3n) is 5.43. The van der Waals surface area contributed by atoms with E-state index in [1.165, 1.54) is 5.56 Å². The van der Waals surface area contributed by atoms with Crippen LogP contribution < -0.4 is 10.1 Å². The molecule has 0 unspecified atom stereocenters. The zero-order valence-corrected chi connectivity index (χ0v) is 18.3. The highest BCUT2D eigenvalue weighted by molar-refractivity contribution is 6.30. The Morgan fingerprint density at radius 2 is 1.67 bits per heavy atom. The van der Waals surface area contributed by atoms with E-state index in [0.717, 1.165) is 46.3 Å². The van der Waals surface area contributed by atoms with Crippen LogP contribution >= 0.6 is 11.6 Å². The van der Waals surface area contributed by atoms with Crippen molar-refractivity contribution in [2.45, 2.75) is 33.4 Å². The number of benzene rings is 2. The number of aromatic carboxylic acids is 1. The normalized spacial score (nSPS) is 10.9.